The van der Waals surface area contributed by atoms with Crippen LogP contribution in [0.15, 0.2) is 25.2 Å². The van der Waals surface area contributed by atoms with Crippen molar-refractivity contribution in [2.24, 2.45) is 0 Å². The van der Waals surface area contributed by atoms with Gasteiger partial charge in [-0.15, -0.1) is 0 Å². The molecule has 1 nitrogen and oxygen atoms in total. The van der Waals surface area contributed by atoms with Gasteiger partial charge < -0.3 is 0 Å². The number of quaternary nitrogens is 1. The maximum atomic E-state index is 3.60. The third-order valence-corrected chi connectivity index (χ3v) is 1.01. The highest BCUT2D eigenvalue weighted by Crippen LogP contribution is 2.17. The maximum Gasteiger partial charge on any atom is 0.160 e. The van der Waals surface area contributed by atoms with Crippen molar-refractivity contribution in [2.75, 3.05) is 7.05 Å². The van der Waals surface area contributed by atoms with Gasteiger partial charge in [0.15, 0.2) is 12.4 Å². The highest BCUT2D eigenvalue weighted by Gasteiger charge is 2.23. The lowest BCUT2D eigenvalue weighted by Crippen LogP contribution is -2.06. The van der Waals surface area contributed by atoms with Crippen LogP contribution < -0.4 is 0 Å². The first-order valence-corrected chi connectivity index (χ1v) is 1.96. The third kappa shape index (κ3) is 0.370. The van der Waals surface area contributed by atoms with Gasteiger partial charge in [-0.05, 0) is 6.58 Å². The fraction of sp³-hybridized carbons (Fsp3) is 0.200. The molecule has 0 spiro atoms. The van der Waals surface area contributed by atoms with E-state index in [1.807, 2.05) is 6.20 Å². The minimum absolute atomic E-state index is 0.833. The lowest BCUT2D eigenvalue weighted by Gasteiger charge is -1.98. The van der Waals surface area contributed by atoms with Gasteiger partial charge in [-0.1, -0.05) is 0 Å². The molecular weight excluding hydrogens is 74.1 g/mol. The zero-order valence-electron chi connectivity index (χ0n) is 3.89. The molecule has 0 aromatic heterocycles. The quantitative estimate of drug-likeness (QED) is 0.415. The molecule has 0 saturated carbocycles. The lowest BCUT2D eigenvalue weighted by molar-refractivity contribution is -0.683. The van der Waals surface area contributed by atoms with Crippen molar-refractivity contribution in [1.29, 1.82) is 0 Å². The summed E-state index contributed by atoms with van der Waals surface area (Å²) in [7, 11) is 2.06. The van der Waals surface area contributed by atoms with E-state index in [2.05, 4.69) is 26.0 Å². The molecule has 0 aromatic carbocycles. The summed E-state index contributed by atoms with van der Waals surface area (Å²) < 4.78 is 0.833. The van der Waals surface area contributed by atoms with E-state index in [-0.39, 0.29) is 0 Å². The van der Waals surface area contributed by atoms with Crippen molar-refractivity contribution >= 4 is 0 Å². The van der Waals surface area contributed by atoms with Gasteiger partial charge in [-0.25, -0.2) is 4.48 Å². The predicted molar refractivity (Wildman–Crippen MR) is 25.5 cm³/mol. The van der Waals surface area contributed by atoms with Gasteiger partial charge in [-0.3, -0.25) is 0 Å². The SMILES string of the molecule is C=C[N+]1(C)C=C1. The van der Waals surface area contributed by atoms with Gasteiger partial charge in [0.25, 0.3) is 0 Å². The highest BCUT2D eigenvalue weighted by molar-refractivity contribution is 4.87. The second-order valence-electron chi connectivity index (χ2n) is 1.70. The molecule has 1 aliphatic rings. The minimum Gasteiger partial charge on any atom is -0.239 e. The molecule has 0 N–H and O–H groups in total. The van der Waals surface area contributed by atoms with Crippen molar-refractivity contribution < 1.29 is 4.48 Å². The largest absolute Gasteiger partial charge is 0.239 e. The first-order chi connectivity index (χ1) is 2.77. The Balaban J connectivity index is 2.52. The minimum atomic E-state index is 0.833. The van der Waals surface area contributed by atoms with Crippen LogP contribution >= 0.6 is 0 Å². The van der Waals surface area contributed by atoms with Gasteiger partial charge in [0.1, 0.15) is 0 Å². The number of hydrogen-bond acceptors (Lipinski definition) is 0. The fourth-order valence-electron chi connectivity index (χ4n) is 0.227. The summed E-state index contributed by atoms with van der Waals surface area (Å²) in [5, 5.41) is 0. The summed E-state index contributed by atoms with van der Waals surface area (Å²) in [4.78, 5) is 0. The molecule has 0 aromatic rings. The molecule has 0 aliphatic carbocycles. The van der Waals surface area contributed by atoms with Crippen LogP contribution in [0.4, 0.5) is 0 Å². The van der Waals surface area contributed by atoms with Gasteiger partial charge in [0.05, 0.1) is 13.2 Å². The molecule has 32 valence electrons. The van der Waals surface area contributed by atoms with Crippen molar-refractivity contribution in [2.45, 2.75) is 0 Å². The Kier molecular flexibility index (Phi) is 0.445. The van der Waals surface area contributed by atoms with E-state index in [0.29, 0.717) is 0 Å². The van der Waals surface area contributed by atoms with E-state index in [1.165, 1.54) is 0 Å². The van der Waals surface area contributed by atoms with Gasteiger partial charge in [0, 0.05) is 0 Å². The third-order valence-electron chi connectivity index (χ3n) is 1.01. The van der Waals surface area contributed by atoms with Crippen molar-refractivity contribution in [3.8, 4) is 0 Å². The van der Waals surface area contributed by atoms with E-state index in [4.69, 9.17) is 0 Å². The Hall–Kier alpha value is -0.560. The Morgan fingerprint density at radius 1 is 1.67 bits per heavy atom. The summed E-state index contributed by atoms with van der Waals surface area (Å²) >= 11 is 0. The molecule has 0 fully saturated rings. The van der Waals surface area contributed by atoms with Crippen LogP contribution in [0, 0.1) is 0 Å². The average molecular weight is 82.1 g/mol. The smallest absolute Gasteiger partial charge is 0.160 e. The topological polar surface area (TPSA) is 0 Å². The molecule has 0 bridgehead atoms. The van der Waals surface area contributed by atoms with Gasteiger partial charge in [-0.2, -0.15) is 0 Å². The van der Waals surface area contributed by atoms with Crippen LogP contribution in [0.5, 0.6) is 0 Å². The molecule has 0 amide bonds. The van der Waals surface area contributed by atoms with Crippen molar-refractivity contribution in [3.05, 3.63) is 25.2 Å². The molecule has 0 atom stereocenters. The van der Waals surface area contributed by atoms with Crippen LogP contribution in [0.2, 0.25) is 0 Å². The molecule has 0 saturated heterocycles. The molecule has 1 heteroatoms. The number of nitrogens with zero attached hydrogens (tertiary/aromatic N) is 1. The van der Waals surface area contributed by atoms with Crippen LogP contribution in [0.25, 0.3) is 0 Å². The molecule has 1 aliphatic heterocycles. The number of hydrogen-bond donors (Lipinski definition) is 0. The zero-order chi connectivity index (χ0) is 4.62. The Morgan fingerprint density at radius 3 is 2.17 bits per heavy atom. The van der Waals surface area contributed by atoms with Crippen molar-refractivity contribution in [3.63, 3.8) is 0 Å². The first-order valence-electron chi connectivity index (χ1n) is 1.96. The lowest BCUT2D eigenvalue weighted by atomic mass is 10.8. The van der Waals surface area contributed by atoms with Crippen LogP contribution in [0.3, 0.4) is 0 Å². The van der Waals surface area contributed by atoms with Crippen LogP contribution in [-0.4, -0.2) is 11.5 Å². The molecule has 1 heterocycles. The molecular formula is C5H8N+. The predicted octanol–water partition coefficient (Wildman–Crippen LogP) is 1.06. The summed E-state index contributed by atoms with van der Waals surface area (Å²) in [5.41, 5.74) is 0. The van der Waals surface area contributed by atoms with Crippen molar-refractivity contribution in [1.82, 2.24) is 0 Å². The standard InChI is InChI=1S/C5H8N/c1-3-6(2)4-5-6/h3-5H,1H2,2H3/q+1. The second-order valence-corrected chi connectivity index (χ2v) is 1.70. The van der Waals surface area contributed by atoms with Crippen LogP contribution in [0.1, 0.15) is 0 Å². The molecule has 0 radical (unpaired) electrons. The van der Waals surface area contributed by atoms with Gasteiger partial charge >= 0.3 is 0 Å². The molecule has 1 rings (SSSR count). The highest BCUT2D eigenvalue weighted by atomic mass is 15.4. The van der Waals surface area contributed by atoms with E-state index in [1.54, 1.807) is 0 Å². The maximum absolute atomic E-state index is 3.60. The molecule has 0 unspecified atom stereocenters. The Labute approximate surface area is 37.8 Å². The fourth-order valence-corrected chi connectivity index (χ4v) is 0.227. The van der Waals surface area contributed by atoms with E-state index < -0.39 is 0 Å². The Morgan fingerprint density at radius 2 is 2.17 bits per heavy atom. The molecule has 6 heavy (non-hydrogen) atoms. The van der Waals surface area contributed by atoms with E-state index in [0.717, 1.165) is 4.48 Å². The normalized spacial score (nSPS) is 23.5. The summed E-state index contributed by atoms with van der Waals surface area (Å²) in [5.74, 6) is 0. The average Bonchev–Trinajstić information content (AvgIpc) is 2.22. The zero-order valence-corrected chi connectivity index (χ0v) is 3.89. The van der Waals surface area contributed by atoms with Gasteiger partial charge in [0.2, 0.25) is 0 Å². The summed E-state index contributed by atoms with van der Waals surface area (Å²) in [6.45, 7) is 3.60. The second kappa shape index (κ2) is 0.738. The summed E-state index contributed by atoms with van der Waals surface area (Å²) in [6.07, 6.45) is 6.00. The van der Waals surface area contributed by atoms with E-state index >= 15 is 0 Å². The van der Waals surface area contributed by atoms with E-state index in [9.17, 15) is 0 Å². The van der Waals surface area contributed by atoms with Crippen LogP contribution in [-0.2, 0) is 0 Å². The number of rotatable bonds is 1. The Bertz CT molecular complexity index is 96.5. The summed E-state index contributed by atoms with van der Waals surface area (Å²) in [6, 6.07) is 0. The first kappa shape index (κ1) is 3.62. The monoisotopic (exact) mass is 82.1 g/mol.